The van der Waals surface area contributed by atoms with Gasteiger partial charge in [-0.15, -0.1) is 0 Å². The third kappa shape index (κ3) is 6.55. The van der Waals surface area contributed by atoms with E-state index in [0.717, 1.165) is 49.0 Å². The summed E-state index contributed by atoms with van der Waals surface area (Å²) in [6.07, 6.45) is 0.942. The molecule has 0 aromatic heterocycles. The number of carbonyl (C=O) groups is 1. The quantitative estimate of drug-likeness (QED) is 0.609. The van der Waals surface area contributed by atoms with Crippen molar-refractivity contribution in [3.63, 3.8) is 0 Å². The van der Waals surface area contributed by atoms with Gasteiger partial charge >= 0.3 is 0 Å². The number of rotatable bonds is 8. The van der Waals surface area contributed by atoms with Crippen LogP contribution in [0.2, 0.25) is 0 Å². The molecule has 2 aromatic rings. The normalized spacial score (nSPS) is 15.5. The van der Waals surface area contributed by atoms with Crippen LogP contribution in [-0.2, 0) is 21.4 Å². The summed E-state index contributed by atoms with van der Waals surface area (Å²) < 4.78 is 31.5. The number of hydrogen-bond donors (Lipinski definition) is 1. The van der Waals surface area contributed by atoms with Gasteiger partial charge in [-0.05, 0) is 55.4 Å². The first kappa shape index (κ1) is 25.6. The van der Waals surface area contributed by atoms with Crippen molar-refractivity contribution in [1.29, 1.82) is 5.26 Å². The van der Waals surface area contributed by atoms with Gasteiger partial charge in [-0.2, -0.15) is 5.26 Å². The molecule has 10 heteroatoms. The van der Waals surface area contributed by atoms with Gasteiger partial charge in [0.05, 0.1) is 25.3 Å². The van der Waals surface area contributed by atoms with Crippen molar-refractivity contribution < 1.29 is 17.9 Å². The first-order valence-corrected chi connectivity index (χ1v) is 12.5. The number of nitrogens with one attached hydrogen (secondary N) is 1. The molecule has 0 spiro atoms. The van der Waals surface area contributed by atoms with Gasteiger partial charge in [0.25, 0.3) is 0 Å². The first-order valence-electron chi connectivity index (χ1n) is 11.1. The Bertz CT molecular complexity index is 1140. The van der Waals surface area contributed by atoms with Crippen LogP contribution in [-0.4, -0.2) is 82.4 Å². The molecule has 1 saturated heterocycles. The van der Waals surface area contributed by atoms with E-state index in [1.54, 1.807) is 12.1 Å². The molecule has 34 heavy (non-hydrogen) atoms. The fraction of sp³-hybridized carbons (Fsp3) is 0.417. The van der Waals surface area contributed by atoms with Crippen LogP contribution in [0, 0.1) is 11.3 Å². The average molecular weight is 486 g/mol. The maximum atomic E-state index is 12.7. The zero-order valence-electron chi connectivity index (χ0n) is 19.8. The molecule has 0 radical (unpaired) electrons. The van der Waals surface area contributed by atoms with Crippen LogP contribution < -0.4 is 10.1 Å². The van der Waals surface area contributed by atoms with Crippen LogP contribution in [0.15, 0.2) is 47.4 Å². The van der Waals surface area contributed by atoms with E-state index in [-0.39, 0.29) is 23.1 Å². The lowest BCUT2D eigenvalue weighted by atomic mass is 10.1. The number of sulfonamides is 1. The van der Waals surface area contributed by atoms with Crippen molar-refractivity contribution in [3.05, 3.63) is 53.6 Å². The van der Waals surface area contributed by atoms with E-state index in [1.807, 2.05) is 24.3 Å². The summed E-state index contributed by atoms with van der Waals surface area (Å²) >= 11 is 0. The predicted octanol–water partition coefficient (Wildman–Crippen LogP) is 1.96. The molecule has 1 aliphatic heterocycles. The molecule has 0 unspecified atom stereocenters. The maximum Gasteiger partial charge on any atom is 0.246 e. The third-order valence-electron chi connectivity index (χ3n) is 5.74. The Hall–Kier alpha value is -2.97. The molecular weight excluding hydrogens is 454 g/mol. The summed E-state index contributed by atoms with van der Waals surface area (Å²) in [7, 11) is 0.585. The Labute approximate surface area is 201 Å². The number of benzene rings is 2. The van der Waals surface area contributed by atoms with E-state index in [4.69, 9.17) is 10.00 Å². The van der Waals surface area contributed by atoms with E-state index < -0.39 is 10.0 Å². The van der Waals surface area contributed by atoms with E-state index in [2.05, 4.69) is 21.2 Å². The second kappa shape index (κ2) is 11.4. The lowest BCUT2D eigenvalue weighted by Crippen LogP contribution is -2.36. The molecule has 3 rings (SSSR count). The fourth-order valence-electron chi connectivity index (χ4n) is 3.84. The number of anilines is 1. The predicted molar refractivity (Wildman–Crippen MR) is 130 cm³/mol. The minimum atomic E-state index is -3.72. The highest BCUT2D eigenvalue weighted by atomic mass is 32.2. The number of hydrogen-bond acceptors (Lipinski definition) is 7. The molecule has 182 valence electrons. The molecule has 1 aliphatic rings. The summed E-state index contributed by atoms with van der Waals surface area (Å²) in [6.45, 7) is 4.36. The van der Waals surface area contributed by atoms with Gasteiger partial charge in [0.1, 0.15) is 10.6 Å². The van der Waals surface area contributed by atoms with E-state index in [9.17, 15) is 13.2 Å². The minimum absolute atomic E-state index is 0.00557. The van der Waals surface area contributed by atoms with Crippen molar-refractivity contribution in [3.8, 4) is 11.8 Å². The summed E-state index contributed by atoms with van der Waals surface area (Å²) in [6, 6.07) is 14.4. The van der Waals surface area contributed by atoms with Gasteiger partial charge in [0.2, 0.25) is 15.9 Å². The van der Waals surface area contributed by atoms with Crippen LogP contribution in [0.4, 0.5) is 5.69 Å². The first-order chi connectivity index (χ1) is 16.2. The Morgan fingerprint density at radius 3 is 2.41 bits per heavy atom. The highest BCUT2D eigenvalue weighted by Gasteiger charge is 2.23. The van der Waals surface area contributed by atoms with Crippen molar-refractivity contribution in [2.24, 2.45) is 0 Å². The molecule has 9 nitrogen and oxygen atoms in total. The minimum Gasteiger partial charge on any atom is -0.495 e. The van der Waals surface area contributed by atoms with E-state index in [0.29, 0.717) is 11.3 Å². The fourth-order valence-corrected chi connectivity index (χ4v) is 4.91. The smallest absolute Gasteiger partial charge is 0.246 e. The lowest BCUT2D eigenvalue weighted by molar-refractivity contribution is -0.117. The maximum absolute atomic E-state index is 12.7. The average Bonchev–Trinajstić information content (AvgIpc) is 3.04. The number of carbonyl (C=O) groups excluding carboxylic acids is 1. The molecule has 1 fully saturated rings. The number of nitrogens with zero attached hydrogens (tertiary/aromatic N) is 4. The molecule has 2 aromatic carbocycles. The van der Waals surface area contributed by atoms with Gasteiger partial charge in [0, 0.05) is 39.4 Å². The molecule has 1 N–H and O–H groups in total. The second-order valence-electron chi connectivity index (χ2n) is 8.42. The molecule has 1 heterocycles. The van der Waals surface area contributed by atoms with Crippen LogP contribution in [0.25, 0.3) is 0 Å². The van der Waals surface area contributed by atoms with Crippen LogP contribution in [0.5, 0.6) is 5.75 Å². The standard InChI is InChI=1S/C24H31N5O4S/c1-27(2)34(31,32)23-15-21(9-10-22(23)33-3)26-24(30)18-29-12-4-11-28(13-14-29)17-20-7-5-19(16-25)6-8-20/h5-10,15H,4,11-14,17-18H2,1-3H3,(H,26,30). The Morgan fingerprint density at radius 2 is 1.76 bits per heavy atom. The summed E-state index contributed by atoms with van der Waals surface area (Å²) in [4.78, 5) is 17.2. The van der Waals surface area contributed by atoms with Gasteiger partial charge in [-0.1, -0.05) is 12.1 Å². The van der Waals surface area contributed by atoms with Gasteiger partial charge < -0.3 is 10.1 Å². The molecular formula is C24H31N5O4S. The SMILES string of the molecule is COc1ccc(NC(=O)CN2CCCN(Cc3ccc(C#N)cc3)CC2)cc1S(=O)(=O)N(C)C. The highest BCUT2D eigenvalue weighted by molar-refractivity contribution is 7.89. The summed E-state index contributed by atoms with van der Waals surface area (Å²) in [5.74, 6) is 0.0282. The Kier molecular flexibility index (Phi) is 8.63. The van der Waals surface area contributed by atoms with Gasteiger partial charge in [-0.3, -0.25) is 14.6 Å². The number of amides is 1. The van der Waals surface area contributed by atoms with E-state index in [1.165, 1.54) is 27.3 Å². The Balaban J connectivity index is 1.57. The van der Waals surface area contributed by atoms with Crippen molar-refractivity contribution in [1.82, 2.24) is 14.1 Å². The van der Waals surface area contributed by atoms with Crippen LogP contribution in [0.3, 0.4) is 0 Å². The number of methoxy groups -OCH3 is 1. The summed E-state index contributed by atoms with van der Waals surface area (Å²) in [5.41, 5.74) is 2.22. The topological polar surface area (TPSA) is 106 Å². The highest BCUT2D eigenvalue weighted by Crippen LogP contribution is 2.28. The largest absolute Gasteiger partial charge is 0.495 e. The Morgan fingerprint density at radius 1 is 1.09 bits per heavy atom. The zero-order chi connectivity index (χ0) is 24.7. The van der Waals surface area contributed by atoms with Crippen LogP contribution >= 0.6 is 0 Å². The molecule has 1 amide bonds. The van der Waals surface area contributed by atoms with Gasteiger partial charge in [0.15, 0.2) is 0 Å². The molecule has 0 atom stereocenters. The van der Waals surface area contributed by atoms with Crippen LogP contribution in [0.1, 0.15) is 17.5 Å². The molecule has 0 bridgehead atoms. The molecule has 0 aliphatic carbocycles. The third-order valence-corrected chi connectivity index (χ3v) is 7.58. The van der Waals surface area contributed by atoms with Crippen molar-refractivity contribution in [2.45, 2.75) is 17.9 Å². The summed E-state index contributed by atoms with van der Waals surface area (Å²) in [5, 5.41) is 11.8. The second-order valence-corrected chi connectivity index (χ2v) is 10.5. The monoisotopic (exact) mass is 485 g/mol. The van der Waals surface area contributed by atoms with E-state index >= 15 is 0 Å². The lowest BCUT2D eigenvalue weighted by Gasteiger charge is -2.22. The van der Waals surface area contributed by atoms with Gasteiger partial charge in [-0.25, -0.2) is 12.7 Å². The zero-order valence-corrected chi connectivity index (χ0v) is 20.6. The van der Waals surface area contributed by atoms with Crippen molar-refractivity contribution >= 4 is 21.6 Å². The molecule has 0 saturated carbocycles. The van der Waals surface area contributed by atoms with Crippen molar-refractivity contribution in [2.75, 3.05) is 59.2 Å². The number of ether oxygens (including phenoxy) is 1. The number of nitriles is 1.